The second-order valence-corrected chi connectivity index (χ2v) is 4.52. The van der Waals surface area contributed by atoms with Crippen LogP contribution in [0.25, 0.3) is 0 Å². The maximum Gasteiger partial charge on any atom is 0.209 e. The fraction of sp³-hybridized carbons (Fsp3) is 0.833. The third-order valence-electron chi connectivity index (χ3n) is 1.15. The SMILES string of the molecule is CC(C)[C@@H](C#N)NS(C)(=O)=O. The molecule has 0 heterocycles. The molecule has 0 saturated heterocycles. The lowest BCUT2D eigenvalue weighted by Crippen LogP contribution is -2.36. The molecule has 11 heavy (non-hydrogen) atoms. The zero-order chi connectivity index (χ0) is 9.07. The first-order chi connectivity index (χ1) is 4.87. The molecule has 4 nitrogen and oxygen atoms in total. The summed E-state index contributed by atoms with van der Waals surface area (Å²) in [5, 5.41) is 8.48. The Morgan fingerprint density at radius 3 is 2.00 bits per heavy atom. The Morgan fingerprint density at radius 2 is 1.91 bits per heavy atom. The Bertz CT molecular complexity index is 250. The van der Waals surface area contributed by atoms with Gasteiger partial charge in [0.25, 0.3) is 0 Å². The van der Waals surface area contributed by atoms with Gasteiger partial charge >= 0.3 is 0 Å². The van der Waals surface area contributed by atoms with E-state index in [0.717, 1.165) is 6.26 Å². The van der Waals surface area contributed by atoms with Gasteiger partial charge in [-0.1, -0.05) is 13.8 Å². The molecule has 0 bridgehead atoms. The first kappa shape index (κ1) is 10.4. The molecule has 0 unspecified atom stereocenters. The van der Waals surface area contributed by atoms with Gasteiger partial charge in [-0.3, -0.25) is 0 Å². The topological polar surface area (TPSA) is 70.0 Å². The lowest BCUT2D eigenvalue weighted by atomic mass is 10.1. The van der Waals surface area contributed by atoms with E-state index in [-0.39, 0.29) is 5.92 Å². The second-order valence-electron chi connectivity index (χ2n) is 2.74. The van der Waals surface area contributed by atoms with Crippen molar-refractivity contribution in [2.75, 3.05) is 6.26 Å². The molecule has 0 amide bonds. The monoisotopic (exact) mass is 176 g/mol. The van der Waals surface area contributed by atoms with Crippen LogP contribution in [0.3, 0.4) is 0 Å². The van der Waals surface area contributed by atoms with Crippen LogP contribution in [-0.2, 0) is 10.0 Å². The van der Waals surface area contributed by atoms with E-state index in [1.54, 1.807) is 13.8 Å². The summed E-state index contributed by atoms with van der Waals surface area (Å²) in [5.74, 6) is -0.00488. The van der Waals surface area contributed by atoms with Gasteiger partial charge in [-0.15, -0.1) is 0 Å². The van der Waals surface area contributed by atoms with E-state index in [1.165, 1.54) is 0 Å². The van der Waals surface area contributed by atoms with Gasteiger partial charge < -0.3 is 0 Å². The van der Waals surface area contributed by atoms with Crippen molar-refractivity contribution in [1.82, 2.24) is 4.72 Å². The van der Waals surface area contributed by atoms with Crippen molar-refractivity contribution < 1.29 is 8.42 Å². The fourth-order valence-electron chi connectivity index (χ4n) is 0.542. The molecule has 0 aromatic carbocycles. The van der Waals surface area contributed by atoms with Crippen molar-refractivity contribution in [3.05, 3.63) is 0 Å². The summed E-state index contributed by atoms with van der Waals surface area (Å²) < 4.78 is 23.5. The predicted molar refractivity (Wildman–Crippen MR) is 42.2 cm³/mol. The highest BCUT2D eigenvalue weighted by Crippen LogP contribution is 2.00. The Labute approximate surface area is 67.3 Å². The van der Waals surface area contributed by atoms with Gasteiger partial charge in [-0.05, 0) is 5.92 Å². The molecule has 0 fully saturated rings. The predicted octanol–water partition coefficient (Wildman–Crippen LogP) is 0.0838. The molecule has 0 aromatic heterocycles. The summed E-state index contributed by atoms with van der Waals surface area (Å²) in [6, 6.07) is 1.25. The average molecular weight is 176 g/mol. The summed E-state index contributed by atoms with van der Waals surface area (Å²) in [6.07, 6.45) is 1.04. The van der Waals surface area contributed by atoms with E-state index in [2.05, 4.69) is 4.72 Å². The van der Waals surface area contributed by atoms with E-state index in [1.807, 2.05) is 6.07 Å². The normalized spacial score (nSPS) is 14.5. The minimum absolute atomic E-state index is 0.00488. The standard InChI is InChI=1S/C6H12N2O2S/c1-5(2)6(4-7)8-11(3,9)10/h5-6,8H,1-3H3/t6-/m1/s1. The van der Waals surface area contributed by atoms with Gasteiger partial charge in [0, 0.05) is 0 Å². The Kier molecular flexibility index (Phi) is 3.49. The van der Waals surface area contributed by atoms with Crippen molar-refractivity contribution in [3.63, 3.8) is 0 Å². The first-order valence-corrected chi connectivity index (χ1v) is 5.13. The van der Waals surface area contributed by atoms with Crippen molar-refractivity contribution in [3.8, 4) is 6.07 Å². The van der Waals surface area contributed by atoms with Gasteiger partial charge in [0.2, 0.25) is 10.0 Å². The van der Waals surface area contributed by atoms with Crippen LogP contribution in [0, 0.1) is 17.2 Å². The zero-order valence-electron chi connectivity index (χ0n) is 6.83. The Hall–Kier alpha value is -0.600. The highest BCUT2D eigenvalue weighted by molar-refractivity contribution is 7.88. The van der Waals surface area contributed by atoms with E-state index < -0.39 is 16.1 Å². The molecule has 0 saturated carbocycles. The molecule has 1 atom stereocenters. The number of hydrogen-bond acceptors (Lipinski definition) is 3. The summed E-state index contributed by atoms with van der Waals surface area (Å²) in [6.45, 7) is 3.57. The summed E-state index contributed by atoms with van der Waals surface area (Å²) in [4.78, 5) is 0. The largest absolute Gasteiger partial charge is 0.213 e. The van der Waals surface area contributed by atoms with Crippen molar-refractivity contribution in [1.29, 1.82) is 5.26 Å². The number of hydrogen-bond donors (Lipinski definition) is 1. The summed E-state index contributed by atoms with van der Waals surface area (Å²) in [5.41, 5.74) is 0. The lowest BCUT2D eigenvalue weighted by Gasteiger charge is -2.12. The Morgan fingerprint density at radius 1 is 1.45 bits per heavy atom. The molecular weight excluding hydrogens is 164 g/mol. The van der Waals surface area contributed by atoms with Crippen LogP contribution < -0.4 is 4.72 Å². The van der Waals surface area contributed by atoms with Crippen LogP contribution in [0.15, 0.2) is 0 Å². The smallest absolute Gasteiger partial charge is 0.209 e. The molecule has 0 rings (SSSR count). The van der Waals surface area contributed by atoms with Gasteiger partial charge in [0.05, 0.1) is 12.3 Å². The Balaban J connectivity index is 4.26. The maximum atomic E-state index is 10.6. The quantitative estimate of drug-likeness (QED) is 0.662. The minimum atomic E-state index is -3.25. The van der Waals surface area contributed by atoms with E-state index in [0.29, 0.717) is 0 Å². The van der Waals surface area contributed by atoms with Crippen molar-refractivity contribution in [2.24, 2.45) is 5.92 Å². The van der Waals surface area contributed by atoms with Crippen LogP contribution in [0.5, 0.6) is 0 Å². The first-order valence-electron chi connectivity index (χ1n) is 3.23. The second kappa shape index (κ2) is 3.69. The fourth-order valence-corrected chi connectivity index (χ4v) is 1.33. The summed E-state index contributed by atoms with van der Waals surface area (Å²) >= 11 is 0. The maximum absolute atomic E-state index is 10.6. The van der Waals surface area contributed by atoms with Crippen LogP contribution in [0.2, 0.25) is 0 Å². The highest BCUT2D eigenvalue weighted by Gasteiger charge is 2.15. The third-order valence-corrected chi connectivity index (χ3v) is 1.83. The third kappa shape index (κ3) is 4.76. The molecule has 64 valence electrons. The van der Waals surface area contributed by atoms with Crippen LogP contribution >= 0.6 is 0 Å². The molecule has 1 N–H and O–H groups in total. The molecule has 0 aromatic rings. The molecule has 0 aliphatic carbocycles. The van der Waals surface area contributed by atoms with Gasteiger partial charge in [-0.25, -0.2) is 8.42 Å². The number of nitrogens with zero attached hydrogens (tertiary/aromatic N) is 1. The molecular formula is C6H12N2O2S. The zero-order valence-corrected chi connectivity index (χ0v) is 7.64. The van der Waals surface area contributed by atoms with E-state index in [9.17, 15) is 8.42 Å². The molecule has 0 spiro atoms. The number of nitriles is 1. The minimum Gasteiger partial charge on any atom is -0.213 e. The van der Waals surface area contributed by atoms with Gasteiger partial charge in [0.1, 0.15) is 6.04 Å². The van der Waals surface area contributed by atoms with Gasteiger partial charge in [0.15, 0.2) is 0 Å². The molecule has 5 heteroatoms. The lowest BCUT2D eigenvalue weighted by molar-refractivity contribution is 0.518. The van der Waals surface area contributed by atoms with Crippen LogP contribution in [0.4, 0.5) is 0 Å². The highest BCUT2D eigenvalue weighted by atomic mass is 32.2. The molecule has 0 radical (unpaired) electrons. The number of nitrogens with one attached hydrogen (secondary N) is 1. The van der Waals surface area contributed by atoms with Crippen LogP contribution in [-0.4, -0.2) is 20.7 Å². The number of rotatable bonds is 3. The molecule has 0 aliphatic rings. The van der Waals surface area contributed by atoms with E-state index >= 15 is 0 Å². The average Bonchev–Trinajstić information content (AvgIpc) is 1.80. The summed E-state index contributed by atoms with van der Waals surface area (Å²) in [7, 11) is -3.25. The molecule has 0 aliphatic heterocycles. The van der Waals surface area contributed by atoms with Gasteiger partial charge in [-0.2, -0.15) is 9.98 Å². The van der Waals surface area contributed by atoms with Crippen molar-refractivity contribution >= 4 is 10.0 Å². The van der Waals surface area contributed by atoms with Crippen LogP contribution in [0.1, 0.15) is 13.8 Å². The number of sulfonamides is 1. The van der Waals surface area contributed by atoms with Crippen molar-refractivity contribution in [2.45, 2.75) is 19.9 Å². The van der Waals surface area contributed by atoms with E-state index in [4.69, 9.17) is 5.26 Å².